The molecule has 1 atom stereocenters. The van der Waals surface area contributed by atoms with Gasteiger partial charge in [0.15, 0.2) is 6.29 Å². The highest BCUT2D eigenvalue weighted by molar-refractivity contribution is 7.99. The van der Waals surface area contributed by atoms with Gasteiger partial charge < -0.3 is 14.6 Å². The van der Waals surface area contributed by atoms with Crippen LogP contribution in [-0.2, 0) is 9.47 Å². The van der Waals surface area contributed by atoms with Crippen molar-refractivity contribution >= 4 is 11.8 Å². The van der Waals surface area contributed by atoms with Gasteiger partial charge in [-0.15, -0.1) is 0 Å². The number of ether oxygens (including phenoxy) is 2. The largest absolute Gasteiger partial charge is 0.396 e. The van der Waals surface area contributed by atoms with Crippen LogP contribution >= 0.6 is 11.8 Å². The van der Waals surface area contributed by atoms with Gasteiger partial charge in [-0.2, -0.15) is 11.8 Å². The zero-order chi connectivity index (χ0) is 11.5. The van der Waals surface area contributed by atoms with Gasteiger partial charge in [0, 0.05) is 26.2 Å². The van der Waals surface area contributed by atoms with Crippen LogP contribution in [0.1, 0.15) is 27.2 Å². The molecule has 1 N–H and O–H groups in total. The molecule has 0 spiro atoms. The number of hydrogen-bond donors (Lipinski definition) is 1. The molecular weight excluding hydrogens is 212 g/mol. The molecule has 0 aromatic heterocycles. The lowest BCUT2D eigenvalue weighted by Gasteiger charge is -2.16. The van der Waals surface area contributed by atoms with E-state index in [0.717, 1.165) is 17.9 Å². The minimum absolute atomic E-state index is 0.0584. The summed E-state index contributed by atoms with van der Waals surface area (Å²) >= 11 is 1.85. The van der Waals surface area contributed by atoms with E-state index in [4.69, 9.17) is 14.6 Å². The maximum absolute atomic E-state index is 8.85. The van der Waals surface area contributed by atoms with Crippen LogP contribution in [0.3, 0.4) is 0 Å². The maximum Gasteiger partial charge on any atom is 0.158 e. The Morgan fingerprint density at radius 3 is 2.27 bits per heavy atom. The molecule has 1 unspecified atom stereocenters. The van der Waals surface area contributed by atoms with Crippen LogP contribution in [-0.4, -0.2) is 42.7 Å². The van der Waals surface area contributed by atoms with Crippen molar-refractivity contribution in [1.82, 2.24) is 0 Å². The second-order valence-electron chi connectivity index (χ2n) is 3.49. The first kappa shape index (κ1) is 15.2. The van der Waals surface area contributed by atoms with Gasteiger partial charge in [0.2, 0.25) is 0 Å². The lowest BCUT2D eigenvalue weighted by molar-refractivity contribution is -0.136. The Balaban J connectivity index is 3.43. The van der Waals surface area contributed by atoms with Crippen molar-refractivity contribution in [2.45, 2.75) is 33.5 Å². The van der Waals surface area contributed by atoms with Crippen molar-refractivity contribution in [3.8, 4) is 0 Å². The molecule has 0 radical (unpaired) electrons. The smallest absolute Gasteiger partial charge is 0.158 e. The van der Waals surface area contributed by atoms with Gasteiger partial charge in [0.1, 0.15) is 0 Å². The van der Waals surface area contributed by atoms with E-state index < -0.39 is 0 Å². The van der Waals surface area contributed by atoms with Gasteiger partial charge in [-0.1, -0.05) is 6.92 Å². The third kappa shape index (κ3) is 9.18. The van der Waals surface area contributed by atoms with Crippen LogP contribution in [0.15, 0.2) is 0 Å². The molecule has 0 heterocycles. The first-order chi connectivity index (χ1) is 7.24. The standard InChI is InChI=1S/C11H24O3S/c1-4-13-11(14-5-2)6-7-15-9-10(3)8-12/h10-12H,4-9H2,1-3H3. The van der Waals surface area contributed by atoms with Crippen molar-refractivity contribution in [2.75, 3.05) is 31.3 Å². The summed E-state index contributed by atoms with van der Waals surface area (Å²) < 4.78 is 10.9. The first-order valence-corrected chi connectivity index (χ1v) is 6.81. The fourth-order valence-electron chi connectivity index (χ4n) is 1.10. The van der Waals surface area contributed by atoms with Gasteiger partial charge >= 0.3 is 0 Å². The number of aliphatic hydroxyl groups excluding tert-OH is 1. The van der Waals surface area contributed by atoms with Crippen LogP contribution in [0, 0.1) is 5.92 Å². The molecule has 0 aromatic rings. The zero-order valence-corrected chi connectivity index (χ0v) is 10.9. The van der Waals surface area contributed by atoms with Crippen LogP contribution < -0.4 is 0 Å². The lowest BCUT2D eigenvalue weighted by atomic mass is 10.2. The van der Waals surface area contributed by atoms with Crippen molar-refractivity contribution in [2.24, 2.45) is 5.92 Å². The normalized spacial score (nSPS) is 13.4. The minimum Gasteiger partial charge on any atom is -0.396 e. The summed E-state index contributed by atoms with van der Waals surface area (Å²) in [6, 6.07) is 0. The highest BCUT2D eigenvalue weighted by Gasteiger charge is 2.07. The summed E-state index contributed by atoms with van der Waals surface area (Å²) in [7, 11) is 0. The molecule has 0 rings (SSSR count). The van der Waals surface area contributed by atoms with E-state index in [2.05, 4.69) is 6.92 Å². The monoisotopic (exact) mass is 236 g/mol. The molecule has 0 amide bonds. The van der Waals surface area contributed by atoms with Gasteiger partial charge in [-0.25, -0.2) is 0 Å². The van der Waals surface area contributed by atoms with E-state index in [-0.39, 0.29) is 12.9 Å². The molecule has 4 heteroatoms. The number of rotatable bonds is 10. The van der Waals surface area contributed by atoms with E-state index >= 15 is 0 Å². The molecule has 0 aliphatic heterocycles. The van der Waals surface area contributed by atoms with Crippen molar-refractivity contribution < 1.29 is 14.6 Å². The molecule has 0 fully saturated rings. The Hall–Kier alpha value is 0.230. The first-order valence-electron chi connectivity index (χ1n) is 5.66. The summed E-state index contributed by atoms with van der Waals surface area (Å²) in [6.45, 7) is 7.67. The topological polar surface area (TPSA) is 38.7 Å². The van der Waals surface area contributed by atoms with E-state index in [1.807, 2.05) is 25.6 Å². The summed E-state index contributed by atoms with van der Waals surface area (Å²) in [4.78, 5) is 0. The third-order valence-electron chi connectivity index (χ3n) is 1.92. The van der Waals surface area contributed by atoms with Gasteiger partial charge in [0.05, 0.1) is 0 Å². The van der Waals surface area contributed by atoms with Gasteiger partial charge in [-0.3, -0.25) is 0 Å². The molecular formula is C11H24O3S. The highest BCUT2D eigenvalue weighted by atomic mass is 32.2. The predicted octanol–water partition coefficient (Wildman–Crippen LogP) is 2.14. The Morgan fingerprint density at radius 1 is 1.20 bits per heavy atom. The van der Waals surface area contributed by atoms with Gasteiger partial charge in [-0.05, 0) is 31.3 Å². The second kappa shape index (κ2) is 10.7. The number of thioether (sulfide) groups is 1. The Bertz CT molecular complexity index is 127. The Kier molecular flexibility index (Phi) is 10.9. The SMILES string of the molecule is CCOC(CCSCC(C)CO)OCC. The maximum atomic E-state index is 8.85. The van der Waals surface area contributed by atoms with Crippen LogP contribution in [0.5, 0.6) is 0 Å². The third-order valence-corrected chi connectivity index (χ3v) is 3.25. The fraction of sp³-hybridized carbons (Fsp3) is 1.00. The summed E-state index contributed by atoms with van der Waals surface area (Å²) in [5.74, 6) is 2.41. The minimum atomic E-state index is -0.0584. The van der Waals surface area contributed by atoms with Crippen LogP contribution in [0.4, 0.5) is 0 Å². The molecule has 15 heavy (non-hydrogen) atoms. The lowest BCUT2D eigenvalue weighted by Crippen LogP contribution is -2.18. The van der Waals surface area contributed by atoms with E-state index in [1.165, 1.54) is 0 Å². The van der Waals surface area contributed by atoms with Crippen molar-refractivity contribution in [3.63, 3.8) is 0 Å². The summed E-state index contributed by atoms with van der Waals surface area (Å²) in [5.41, 5.74) is 0. The number of hydrogen-bond acceptors (Lipinski definition) is 4. The van der Waals surface area contributed by atoms with Crippen LogP contribution in [0.2, 0.25) is 0 Å². The molecule has 0 aromatic carbocycles. The molecule has 0 aliphatic carbocycles. The molecule has 0 saturated heterocycles. The average molecular weight is 236 g/mol. The zero-order valence-electron chi connectivity index (χ0n) is 10.1. The number of aliphatic hydroxyl groups is 1. The highest BCUT2D eigenvalue weighted by Crippen LogP contribution is 2.12. The summed E-state index contributed by atoms with van der Waals surface area (Å²) in [6.07, 6.45) is 0.863. The Morgan fingerprint density at radius 2 is 1.80 bits per heavy atom. The summed E-state index contributed by atoms with van der Waals surface area (Å²) in [5, 5.41) is 8.85. The van der Waals surface area contributed by atoms with Gasteiger partial charge in [0.25, 0.3) is 0 Å². The molecule has 0 saturated carbocycles. The predicted molar refractivity (Wildman–Crippen MR) is 65.2 cm³/mol. The quantitative estimate of drug-likeness (QED) is 0.466. The molecule has 92 valence electrons. The van der Waals surface area contributed by atoms with Crippen LogP contribution in [0.25, 0.3) is 0 Å². The van der Waals surface area contributed by atoms with E-state index in [1.54, 1.807) is 0 Å². The van der Waals surface area contributed by atoms with Crippen molar-refractivity contribution in [3.05, 3.63) is 0 Å². The van der Waals surface area contributed by atoms with E-state index in [9.17, 15) is 0 Å². The molecule has 0 bridgehead atoms. The van der Waals surface area contributed by atoms with E-state index in [0.29, 0.717) is 19.1 Å². The Labute approximate surface area is 97.5 Å². The second-order valence-corrected chi connectivity index (χ2v) is 4.64. The molecule has 3 nitrogen and oxygen atoms in total. The fourth-order valence-corrected chi connectivity index (χ4v) is 2.14. The van der Waals surface area contributed by atoms with Crippen molar-refractivity contribution in [1.29, 1.82) is 0 Å². The average Bonchev–Trinajstić information content (AvgIpc) is 2.24. The molecule has 0 aliphatic rings.